The number of aryl methyl sites for hydroxylation is 3. The van der Waals surface area contributed by atoms with Gasteiger partial charge in [-0.25, -0.2) is 15.0 Å². The Balaban J connectivity index is 1.50. The van der Waals surface area contributed by atoms with Crippen LogP contribution in [-0.4, -0.2) is 38.1 Å². The molecule has 0 aliphatic carbocycles. The molecule has 3 aromatic heterocycles. The number of hydrogen-bond acceptors (Lipinski definition) is 7. The second-order valence-electron chi connectivity index (χ2n) is 6.90. The Morgan fingerprint density at radius 2 is 2.00 bits per heavy atom. The van der Waals surface area contributed by atoms with Gasteiger partial charge in [0.1, 0.15) is 16.6 Å². The summed E-state index contributed by atoms with van der Waals surface area (Å²) in [6.45, 7) is 8.96. The lowest BCUT2D eigenvalue weighted by Gasteiger charge is -2.31. The molecule has 0 bridgehead atoms. The highest BCUT2D eigenvalue weighted by molar-refractivity contribution is 7.09. The standard InChI is InChI=1S/C19H23N5OS/c1-12-19(13(2)25-23-12)17-10-16(21-14(3)22-17)15-4-7-24(8-5-15)11-18-20-6-9-26-18/h6,9-10,15H,4-5,7-8,11H2,1-3H3. The third-order valence-electron chi connectivity index (χ3n) is 5.00. The molecule has 0 amide bonds. The Morgan fingerprint density at radius 1 is 1.19 bits per heavy atom. The predicted octanol–water partition coefficient (Wildman–Crippen LogP) is 3.89. The summed E-state index contributed by atoms with van der Waals surface area (Å²) in [7, 11) is 0. The quantitative estimate of drug-likeness (QED) is 0.695. The molecule has 0 spiro atoms. The van der Waals surface area contributed by atoms with Gasteiger partial charge in [-0.05, 0) is 52.8 Å². The van der Waals surface area contributed by atoms with Gasteiger partial charge in [-0.2, -0.15) is 0 Å². The van der Waals surface area contributed by atoms with Crippen molar-refractivity contribution in [3.8, 4) is 11.3 Å². The van der Waals surface area contributed by atoms with Crippen molar-refractivity contribution < 1.29 is 4.52 Å². The highest BCUT2D eigenvalue weighted by Gasteiger charge is 2.24. The van der Waals surface area contributed by atoms with Crippen molar-refractivity contribution in [3.63, 3.8) is 0 Å². The molecule has 0 atom stereocenters. The van der Waals surface area contributed by atoms with Gasteiger partial charge in [0, 0.05) is 23.2 Å². The van der Waals surface area contributed by atoms with Gasteiger partial charge in [0.15, 0.2) is 0 Å². The largest absolute Gasteiger partial charge is 0.361 e. The van der Waals surface area contributed by atoms with E-state index < -0.39 is 0 Å². The minimum absolute atomic E-state index is 0.475. The van der Waals surface area contributed by atoms with Crippen LogP contribution in [0.4, 0.5) is 0 Å². The molecule has 26 heavy (non-hydrogen) atoms. The smallest absolute Gasteiger partial charge is 0.143 e. The zero-order valence-electron chi connectivity index (χ0n) is 15.4. The van der Waals surface area contributed by atoms with Gasteiger partial charge in [0.25, 0.3) is 0 Å². The summed E-state index contributed by atoms with van der Waals surface area (Å²) in [4.78, 5) is 16.2. The van der Waals surface area contributed by atoms with E-state index in [9.17, 15) is 0 Å². The average molecular weight is 369 g/mol. The summed E-state index contributed by atoms with van der Waals surface area (Å²) in [5.74, 6) is 2.09. The summed E-state index contributed by atoms with van der Waals surface area (Å²) >= 11 is 1.73. The molecule has 1 aliphatic heterocycles. The minimum Gasteiger partial charge on any atom is -0.361 e. The van der Waals surface area contributed by atoms with Gasteiger partial charge >= 0.3 is 0 Å². The van der Waals surface area contributed by atoms with Crippen LogP contribution in [0.5, 0.6) is 0 Å². The fourth-order valence-electron chi connectivity index (χ4n) is 3.69. The van der Waals surface area contributed by atoms with Crippen LogP contribution in [0.1, 0.15) is 46.7 Å². The number of aromatic nitrogens is 4. The number of thiazole rings is 1. The van der Waals surface area contributed by atoms with E-state index in [-0.39, 0.29) is 0 Å². The van der Waals surface area contributed by atoms with E-state index in [1.807, 2.05) is 32.3 Å². The van der Waals surface area contributed by atoms with Gasteiger partial charge < -0.3 is 4.52 Å². The Hall–Kier alpha value is -2.12. The maximum absolute atomic E-state index is 5.32. The molecule has 0 N–H and O–H groups in total. The first-order chi connectivity index (χ1) is 12.6. The van der Waals surface area contributed by atoms with Crippen molar-refractivity contribution in [2.75, 3.05) is 13.1 Å². The average Bonchev–Trinajstić information content (AvgIpc) is 3.25. The van der Waals surface area contributed by atoms with Crippen LogP contribution in [-0.2, 0) is 6.54 Å². The van der Waals surface area contributed by atoms with Crippen LogP contribution in [0, 0.1) is 20.8 Å². The molecule has 0 radical (unpaired) electrons. The van der Waals surface area contributed by atoms with Crippen LogP contribution in [0.25, 0.3) is 11.3 Å². The number of nitrogens with zero attached hydrogens (tertiary/aromatic N) is 5. The third kappa shape index (κ3) is 3.54. The molecule has 4 heterocycles. The molecular weight excluding hydrogens is 346 g/mol. The van der Waals surface area contributed by atoms with E-state index in [1.54, 1.807) is 11.3 Å². The van der Waals surface area contributed by atoms with Gasteiger partial charge in [-0.15, -0.1) is 11.3 Å². The van der Waals surface area contributed by atoms with E-state index in [0.29, 0.717) is 5.92 Å². The van der Waals surface area contributed by atoms with Crippen molar-refractivity contribution in [2.24, 2.45) is 0 Å². The Labute approximate surface area is 157 Å². The normalized spacial score (nSPS) is 16.3. The second-order valence-corrected chi connectivity index (χ2v) is 7.88. The summed E-state index contributed by atoms with van der Waals surface area (Å²) in [5.41, 5.74) is 3.94. The minimum atomic E-state index is 0.475. The first-order valence-electron chi connectivity index (χ1n) is 8.99. The maximum atomic E-state index is 5.32. The Kier molecular flexibility index (Phi) is 4.82. The molecule has 0 unspecified atom stereocenters. The topological polar surface area (TPSA) is 67.9 Å². The van der Waals surface area contributed by atoms with E-state index in [4.69, 9.17) is 9.51 Å². The third-order valence-corrected chi connectivity index (χ3v) is 5.76. The molecule has 4 rings (SSSR count). The lowest BCUT2D eigenvalue weighted by Crippen LogP contribution is -2.32. The maximum Gasteiger partial charge on any atom is 0.143 e. The molecule has 1 saturated heterocycles. The van der Waals surface area contributed by atoms with Gasteiger partial charge in [0.05, 0.1) is 23.5 Å². The fraction of sp³-hybridized carbons (Fsp3) is 0.474. The molecular formula is C19H23N5OS. The molecule has 136 valence electrons. The molecule has 3 aromatic rings. The number of piperidine rings is 1. The van der Waals surface area contributed by atoms with Crippen LogP contribution < -0.4 is 0 Å². The Morgan fingerprint density at radius 3 is 2.65 bits per heavy atom. The van der Waals surface area contributed by atoms with E-state index >= 15 is 0 Å². The molecule has 0 saturated carbocycles. The van der Waals surface area contributed by atoms with E-state index in [0.717, 1.165) is 66.7 Å². The summed E-state index contributed by atoms with van der Waals surface area (Å²) in [6.07, 6.45) is 4.11. The summed E-state index contributed by atoms with van der Waals surface area (Å²) in [6, 6.07) is 2.13. The van der Waals surface area contributed by atoms with Crippen LogP contribution in [0.3, 0.4) is 0 Å². The van der Waals surface area contributed by atoms with Gasteiger partial charge in [-0.1, -0.05) is 5.16 Å². The van der Waals surface area contributed by atoms with Gasteiger partial charge in [0.2, 0.25) is 0 Å². The van der Waals surface area contributed by atoms with Crippen LogP contribution >= 0.6 is 11.3 Å². The monoisotopic (exact) mass is 369 g/mol. The summed E-state index contributed by atoms with van der Waals surface area (Å²) < 4.78 is 5.32. The lowest BCUT2D eigenvalue weighted by atomic mass is 9.92. The van der Waals surface area contributed by atoms with Crippen LogP contribution in [0.15, 0.2) is 22.2 Å². The Bertz CT molecular complexity index is 862. The zero-order chi connectivity index (χ0) is 18.1. The predicted molar refractivity (Wildman–Crippen MR) is 101 cm³/mol. The highest BCUT2D eigenvalue weighted by Crippen LogP contribution is 2.31. The van der Waals surface area contributed by atoms with Gasteiger partial charge in [-0.3, -0.25) is 4.90 Å². The lowest BCUT2D eigenvalue weighted by molar-refractivity contribution is 0.203. The molecule has 1 fully saturated rings. The first-order valence-corrected chi connectivity index (χ1v) is 9.87. The van der Waals surface area contributed by atoms with E-state index in [1.165, 1.54) is 5.01 Å². The molecule has 7 heteroatoms. The zero-order valence-corrected chi connectivity index (χ0v) is 16.2. The number of hydrogen-bond donors (Lipinski definition) is 0. The van der Waals surface area contributed by atoms with Crippen molar-refractivity contribution >= 4 is 11.3 Å². The number of likely N-dealkylation sites (tertiary alicyclic amines) is 1. The first kappa shape index (κ1) is 17.3. The SMILES string of the molecule is Cc1nc(-c2c(C)noc2C)cc(C2CCN(Cc3nccs3)CC2)n1. The fourth-order valence-corrected chi connectivity index (χ4v) is 4.34. The van der Waals surface area contributed by atoms with E-state index in [2.05, 4.69) is 26.1 Å². The molecule has 1 aliphatic rings. The molecule has 6 nitrogen and oxygen atoms in total. The van der Waals surface area contributed by atoms with Crippen molar-refractivity contribution in [3.05, 3.63) is 45.6 Å². The summed E-state index contributed by atoms with van der Waals surface area (Å²) in [5, 5.41) is 7.30. The number of rotatable bonds is 4. The highest BCUT2D eigenvalue weighted by atomic mass is 32.1. The second kappa shape index (κ2) is 7.25. The van der Waals surface area contributed by atoms with Crippen LogP contribution in [0.2, 0.25) is 0 Å². The van der Waals surface area contributed by atoms with Crippen molar-refractivity contribution in [2.45, 2.75) is 46.1 Å². The van der Waals surface area contributed by atoms with Crippen molar-refractivity contribution in [1.82, 2.24) is 25.0 Å². The molecule has 0 aromatic carbocycles. The van der Waals surface area contributed by atoms with Crippen molar-refractivity contribution in [1.29, 1.82) is 0 Å².